The van der Waals surface area contributed by atoms with Crippen LogP contribution in [0.4, 0.5) is 10.3 Å². The minimum absolute atomic E-state index is 0.285. The smallest absolute Gasteiger partial charge is 0.263 e. The lowest BCUT2D eigenvalue weighted by Gasteiger charge is -1.97. The monoisotopic (exact) mass is 220 g/mol. The molecule has 0 bridgehead atoms. The van der Waals surface area contributed by atoms with E-state index < -0.39 is 0 Å². The van der Waals surface area contributed by atoms with E-state index >= 15 is 0 Å². The number of nitrogens with zero attached hydrogens (tertiary/aromatic N) is 4. The largest absolute Gasteiger partial charge is 0.335 e. The minimum atomic E-state index is -0.285. The van der Waals surface area contributed by atoms with Crippen LogP contribution in [0.1, 0.15) is 5.56 Å². The summed E-state index contributed by atoms with van der Waals surface area (Å²) in [4.78, 5) is 0. The van der Waals surface area contributed by atoms with E-state index in [1.165, 1.54) is 29.4 Å². The van der Waals surface area contributed by atoms with Gasteiger partial charge in [0.15, 0.2) is 0 Å². The third kappa shape index (κ3) is 2.32. The number of nitrogen functional groups attached to an aromatic ring is 1. The summed E-state index contributed by atoms with van der Waals surface area (Å²) < 4.78 is 13.8. The van der Waals surface area contributed by atoms with Crippen LogP contribution in [0.2, 0.25) is 0 Å². The molecule has 0 saturated carbocycles. The van der Waals surface area contributed by atoms with Gasteiger partial charge in [-0.25, -0.2) is 14.5 Å². The van der Waals surface area contributed by atoms with Crippen LogP contribution in [0.3, 0.4) is 0 Å². The maximum atomic E-state index is 12.6. The highest BCUT2D eigenvalue weighted by Crippen LogP contribution is 2.00. The average Bonchev–Trinajstić information content (AvgIpc) is 2.68. The van der Waals surface area contributed by atoms with Gasteiger partial charge >= 0.3 is 0 Å². The summed E-state index contributed by atoms with van der Waals surface area (Å²) in [5.41, 5.74) is 3.36. The van der Waals surface area contributed by atoms with Gasteiger partial charge in [-0.15, -0.1) is 10.2 Å². The molecule has 0 amide bonds. The van der Waals surface area contributed by atoms with Crippen molar-refractivity contribution >= 4 is 12.2 Å². The van der Waals surface area contributed by atoms with Crippen LogP contribution in [0, 0.1) is 5.82 Å². The van der Waals surface area contributed by atoms with E-state index in [2.05, 4.69) is 20.7 Å². The lowest BCUT2D eigenvalue weighted by Crippen LogP contribution is -2.10. The highest BCUT2D eigenvalue weighted by Gasteiger charge is 1.96. The number of benzene rings is 1. The molecule has 7 heteroatoms. The van der Waals surface area contributed by atoms with Crippen molar-refractivity contribution < 1.29 is 4.39 Å². The molecule has 0 radical (unpaired) electrons. The standard InChI is InChI=1S/C9H9FN6/c10-8-3-1-7(2-4-8)5-12-14-9-15-13-6-16(9)11/h1-6H,11H2,(H,14,15). The van der Waals surface area contributed by atoms with Crippen LogP contribution >= 0.6 is 0 Å². The molecule has 16 heavy (non-hydrogen) atoms. The summed E-state index contributed by atoms with van der Waals surface area (Å²) in [6.45, 7) is 0. The topological polar surface area (TPSA) is 81.1 Å². The molecule has 1 aromatic heterocycles. The Morgan fingerprint density at radius 3 is 2.75 bits per heavy atom. The molecule has 0 atom stereocenters. The molecule has 3 N–H and O–H groups in total. The van der Waals surface area contributed by atoms with Gasteiger partial charge in [0, 0.05) is 0 Å². The van der Waals surface area contributed by atoms with Crippen LogP contribution in [0.5, 0.6) is 0 Å². The number of hydrazone groups is 1. The lowest BCUT2D eigenvalue weighted by atomic mass is 10.2. The van der Waals surface area contributed by atoms with Crippen molar-refractivity contribution in [2.24, 2.45) is 5.10 Å². The van der Waals surface area contributed by atoms with Gasteiger partial charge in [-0.1, -0.05) is 12.1 Å². The van der Waals surface area contributed by atoms with Gasteiger partial charge in [-0.05, 0) is 17.7 Å². The predicted octanol–water partition coefficient (Wildman–Crippen LogP) is 0.577. The van der Waals surface area contributed by atoms with Crippen molar-refractivity contribution in [2.75, 3.05) is 11.3 Å². The predicted molar refractivity (Wildman–Crippen MR) is 57.8 cm³/mol. The molecule has 0 spiro atoms. The van der Waals surface area contributed by atoms with Gasteiger partial charge in [-0.3, -0.25) is 0 Å². The van der Waals surface area contributed by atoms with Gasteiger partial charge < -0.3 is 5.84 Å². The first-order valence-electron chi connectivity index (χ1n) is 4.45. The Labute approximate surface area is 90.6 Å². The van der Waals surface area contributed by atoms with E-state index in [1.807, 2.05) is 0 Å². The number of aromatic nitrogens is 3. The molecule has 0 aliphatic heterocycles. The minimum Gasteiger partial charge on any atom is -0.335 e. The van der Waals surface area contributed by atoms with E-state index in [0.717, 1.165) is 5.56 Å². The van der Waals surface area contributed by atoms with Crippen LogP contribution in [0.25, 0.3) is 0 Å². The quantitative estimate of drug-likeness (QED) is 0.450. The van der Waals surface area contributed by atoms with Crippen LogP contribution in [0.15, 0.2) is 35.7 Å². The third-order valence-corrected chi connectivity index (χ3v) is 1.82. The van der Waals surface area contributed by atoms with E-state index in [9.17, 15) is 4.39 Å². The molecule has 0 unspecified atom stereocenters. The molecule has 0 fully saturated rings. The molecular formula is C9H9FN6. The van der Waals surface area contributed by atoms with E-state index in [1.54, 1.807) is 12.1 Å². The first-order valence-corrected chi connectivity index (χ1v) is 4.45. The Hall–Kier alpha value is -2.44. The van der Waals surface area contributed by atoms with E-state index in [0.29, 0.717) is 5.95 Å². The summed E-state index contributed by atoms with van der Waals surface area (Å²) >= 11 is 0. The Kier molecular flexibility index (Phi) is 2.77. The fraction of sp³-hybridized carbons (Fsp3) is 0. The van der Waals surface area contributed by atoms with Gasteiger partial charge in [0.25, 0.3) is 5.95 Å². The fourth-order valence-electron chi connectivity index (χ4n) is 1.04. The average molecular weight is 220 g/mol. The highest BCUT2D eigenvalue weighted by atomic mass is 19.1. The maximum absolute atomic E-state index is 12.6. The molecule has 0 aliphatic carbocycles. The molecule has 6 nitrogen and oxygen atoms in total. The third-order valence-electron chi connectivity index (χ3n) is 1.82. The van der Waals surface area contributed by atoms with Gasteiger partial charge in [-0.2, -0.15) is 5.10 Å². The number of hydrogen-bond acceptors (Lipinski definition) is 5. The second-order valence-corrected chi connectivity index (χ2v) is 2.98. The number of nitrogens with one attached hydrogen (secondary N) is 1. The van der Waals surface area contributed by atoms with Crippen molar-refractivity contribution in [2.45, 2.75) is 0 Å². The molecule has 1 aromatic carbocycles. The molecule has 0 aliphatic rings. The number of hydrogen-bond donors (Lipinski definition) is 2. The Balaban J connectivity index is 2.00. The summed E-state index contributed by atoms with van der Waals surface area (Å²) in [5, 5.41) is 11.1. The van der Waals surface area contributed by atoms with Gasteiger partial charge in [0.05, 0.1) is 6.21 Å². The first-order chi connectivity index (χ1) is 7.75. The molecule has 2 rings (SSSR count). The number of halogens is 1. The van der Waals surface area contributed by atoms with Crippen molar-refractivity contribution in [3.8, 4) is 0 Å². The molecule has 82 valence electrons. The molecule has 2 aromatic rings. The zero-order valence-corrected chi connectivity index (χ0v) is 8.21. The second kappa shape index (κ2) is 4.39. The Morgan fingerprint density at radius 2 is 2.12 bits per heavy atom. The van der Waals surface area contributed by atoms with Gasteiger partial charge in [0.2, 0.25) is 0 Å². The molecular weight excluding hydrogens is 211 g/mol. The normalized spacial score (nSPS) is 10.8. The molecule has 0 saturated heterocycles. The zero-order valence-electron chi connectivity index (χ0n) is 8.21. The van der Waals surface area contributed by atoms with Gasteiger partial charge in [0.1, 0.15) is 12.1 Å². The number of anilines is 1. The molecule has 1 heterocycles. The summed E-state index contributed by atoms with van der Waals surface area (Å²) in [6, 6.07) is 5.92. The number of rotatable bonds is 3. The first kappa shape index (κ1) is 10.1. The Bertz CT molecular complexity index is 489. The van der Waals surface area contributed by atoms with Crippen LogP contribution in [-0.2, 0) is 0 Å². The lowest BCUT2D eigenvalue weighted by molar-refractivity contribution is 0.628. The van der Waals surface area contributed by atoms with Crippen LogP contribution in [-0.4, -0.2) is 21.1 Å². The zero-order chi connectivity index (χ0) is 11.4. The van der Waals surface area contributed by atoms with Crippen molar-refractivity contribution in [1.82, 2.24) is 14.9 Å². The van der Waals surface area contributed by atoms with Crippen molar-refractivity contribution in [3.05, 3.63) is 42.0 Å². The van der Waals surface area contributed by atoms with Crippen molar-refractivity contribution in [3.63, 3.8) is 0 Å². The maximum Gasteiger partial charge on any atom is 0.263 e. The van der Waals surface area contributed by atoms with Crippen LogP contribution < -0.4 is 11.3 Å². The SMILES string of the molecule is Nn1cnnc1NN=Cc1ccc(F)cc1. The second-order valence-electron chi connectivity index (χ2n) is 2.98. The fourth-order valence-corrected chi connectivity index (χ4v) is 1.04. The van der Waals surface area contributed by atoms with E-state index in [4.69, 9.17) is 5.84 Å². The van der Waals surface area contributed by atoms with Crippen molar-refractivity contribution in [1.29, 1.82) is 0 Å². The summed E-state index contributed by atoms with van der Waals surface area (Å²) in [5.74, 6) is 5.48. The summed E-state index contributed by atoms with van der Waals surface area (Å²) in [7, 11) is 0. The highest BCUT2D eigenvalue weighted by molar-refractivity contribution is 5.79. The summed E-state index contributed by atoms with van der Waals surface area (Å²) in [6.07, 6.45) is 2.86. The Morgan fingerprint density at radius 1 is 1.38 bits per heavy atom. The van der Waals surface area contributed by atoms with E-state index in [-0.39, 0.29) is 5.82 Å². The number of nitrogens with two attached hydrogens (primary N) is 1.